The van der Waals surface area contributed by atoms with Crippen molar-refractivity contribution in [2.75, 3.05) is 0 Å². The zero-order valence-electron chi connectivity index (χ0n) is 7.85. The van der Waals surface area contributed by atoms with Gasteiger partial charge in [0.2, 0.25) is 0 Å². The SMILES string of the molecule is Oc1ccc(Oc2ccccc2Br)cc1. The van der Waals surface area contributed by atoms with Crippen molar-refractivity contribution in [1.82, 2.24) is 0 Å². The van der Waals surface area contributed by atoms with Gasteiger partial charge in [0.25, 0.3) is 0 Å². The second-order valence-corrected chi connectivity index (χ2v) is 3.88. The average Bonchev–Trinajstić information content (AvgIpc) is 2.25. The maximum atomic E-state index is 9.11. The van der Waals surface area contributed by atoms with E-state index in [4.69, 9.17) is 9.84 Å². The van der Waals surface area contributed by atoms with Gasteiger partial charge in [0.15, 0.2) is 0 Å². The van der Waals surface area contributed by atoms with Crippen LogP contribution in [0.3, 0.4) is 0 Å². The largest absolute Gasteiger partial charge is 0.508 e. The lowest BCUT2D eigenvalue weighted by molar-refractivity contribution is 0.463. The van der Waals surface area contributed by atoms with Crippen LogP contribution in [0.4, 0.5) is 0 Å². The summed E-state index contributed by atoms with van der Waals surface area (Å²) >= 11 is 3.39. The minimum absolute atomic E-state index is 0.231. The summed E-state index contributed by atoms with van der Waals surface area (Å²) in [6, 6.07) is 14.2. The number of aromatic hydroxyl groups is 1. The molecule has 0 aliphatic rings. The van der Waals surface area contributed by atoms with Crippen LogP contribution >= 0.6 is 15.9 Å². The Balaban J connectivity index is 2.22. The summed E-state index contributed by atoms with van der Waals surface area (Å²) in [5, 5.41) is 9.11. The van der Waals surface area contributed by atoms with Crippen molar-refractivity contribution in [3.05, 3.63) is 53.0 Å². The van der Waals surface area contributed by atoms with Crippen molar-refractivity contribution in [2.45, 2.75) is 0 Å². The average molecular weight is 265 g/mol. The summed E-state index contributed by atoms with van der Waals surface area (Å²) in [4.78, 5) is 0. The maximum Gasteiger partial charge on any atom is 0.141 e. The summed E-state index contributed by atoms with van der Waals surface area (Å²) in [5.74, 6) is 1.68. The molecule has 0 aliphatic carbocycles. The summed E-state index contributed by atoms with van der Waals surface area (Å²) in [5.41, 5.74) is 0. The quantitative estimate of drug-likeness (QED) is 0.890. The van der Waals surface area contributed by atoms with E-state index in [0.29, 0.717) is 5.75 Å². The highest BCUT2D eigenvalue weighted by atomic mass is 79.9. The third-order valence-electron chi connectivity index (χ3n) is 1.90. The summed E-state index contributed by atoms with van der Waals surface area (Å²) in [6.45, 7) is 0. The molecule has 0 unspecified atom stereocenters. The fourth-order valence-corrected chi connectivity index (χ4v) is 1.53. The fourth-order valence-electron chi connectivity index (χ4n) is 1.17. The van der Waals surface area contributed by atoms with E-state index in [1.54, 1.807) is 24.3 Å². The number of phenols is 1. The number of halogens is 1. The van der Waals surface area contributed by atoms with E-state index in [-0.39, 0.29) is 5.75 Å². The molecule has 0 saturated carbocycles. The van der Waals surface area contributed by atoms with Crippen LogP contribution in [-0.2, 0) is 0 Å². The van der Waals surface area contributed by atoms with Gasteiger partial charge in [-0.25, -0.2) is 0 Å². The van der Waals surface area contributed by atoms with Gasteiger partial charge < -0.3 is 9.84 Å². The lowest BCUT2D eigenvalue weighted by Crippen LogP contribution is -1.84. The summed E-state index contributed by atoms with van der Waals surface area (Å²) < 4.78 is 6.51. The van der Waals surface area contributed by atoms with Crippen molar-refractivity contribution in [3.8, 4) is 17.2 Å². The zero-order chi connectivity index (χ0) is 10.7. The van der Waals surface area contributed by atoms with E-state index in [0.717, 1.165) is 10.2 Å². The summed E-state index contributed by atoms with van der Waals surface area (Å²) in [7, 11) is 0. The number of phenolic OH excluding ortho intramolecular Hbond substituents is 1. The Hall–Kier alpha value is -1.48. The molecule has 3 heteroatoms. The predicted molar refractivity (Wildman–Crippen MR) is 62.3 cm³/mol. The second kappa shape index (κ2) is 4.36. The summed E-state index contributed by atoms with van der Waals surface area (Å²) in [6.07, 6.45) is 0. The third kappa shape index (κ3) is 2.50. The molecule has 0 spiro atoms. The van der Waals surface area contributed by atoms with Crippen LogP contribution in [0.25, 0.3) is 0 Å². The first-order valence-electron chi connectivity index (χ1n) is 4.47. The van der Waals surface area contributed by atoms with Crippen molar-refractivity contribution in [3.63, 3.8) is 0 Å². The number of hydrogen-bond donors (Lipinski definition) is 1. The van der Waals surface area contributed by atoms with Gasteiger partial charge in [-0.2, -0.15) is 0 Å². The number of para-hydroxylation sites is 1. The highest BCUT2D eigenvalue weighted by Gasteiger charge is 2.00. The maximum absolute atomic E-state index is 9.11. The molecule has 1 N–H and O–H groups in total. The Bertz CT molecular complexity index is 451. The number of benzene rings is 2. The molecular weight excluding hydrogens is 256 g/mol. The molecule has 0 amide bonds. The van der Waals surface area contributed by atoms with Gasteiger partial charge in [0.05, 0.1) is 4.47 Å². The number of ether oxygens (including phenoxy) is 1. The molecule has 2 aromatic carbocycles. The molecule has 0 fully saturated rings. The van der Waals surface area contributed by atoms with Gasteiger partial charge >= 0.3 is 0 Å². The van der Waals surface area contributed by atoms with Gasteiger partial charge in [-0.15, -0.1) is 0 Å². The molecular formula is C12H9BrO2. The van der Waals surface area contributed by atoms with E-state index in [2.05, 4.69) is 15.9 Å². The molecule has 2 rings (SSSR count). The Morgan fingerprint density at radius 3 is 2.27 bits per heavy atom. The third-order valence-corrected chi connectivity index (χ3v) is 2.56. The minimum Gasteiger partial charge on any atom is -0.508 e. The van der Waals surface area contributed by atoms with Crippen LogP contribution in [0.1, 0.15) is 0 Å². The predicted octanol–water partition coefficient (Wildman–Crippen LogP) is 3.95. The first kappa shape index (κ1) is 10.1. The molecule has 15 heavy (non-hydrogen) atoms. The Morgan fingerprint density at radius 2 is 1.60 bits per heavy atom. The molecule has 76 valence electrons. The van der Waals surface area contributed by atoms with Gasteiger partial charge in [-0.3, -0.25) is 0 Å². The van der Waals surface area contributed by atoms with Crippen molar-refractivity contribution < 1.29 is 9.84 Å². The van der Waals surface area contributed by atoms with Crippen molar-refractivity contribution in [2.24, 2.45) is 0 Å². The van der Waals surface area contributed by atoms with Crippen LogP contribution in [0, 0.1) is 0 Å². The number of rotatable bonds is 2. The van der Waals surface area contributed by atoms with Crippen LogP contribution in [0.2, 0.25) is 0 Å². The van der Waals surface area contributed by atoms with Crippen LogP contribution < -0.4 is 4.74 Å². The first-order chi connectivity index (χ1) is 7.25. The van der Waals surface area contributed by atoms with Crippen LogP contribution in [0.15, 0.2) is 53.0 Å². The highest BCUT2D eigenvalue weighted by molar-refractivity contribution is 9.10. The topological polar surface area (TPSA) is 29.5 Å². The molecule has 2 aromatic rings. The van der Waals surface area contributed by atoms with Gasteiger partial charge in [-0.05, 0) is 52.3 Å². The van der Waals surface area contributed by atoms with Crippen molar-refractivity contribution in [1.29, 1.82) is 0 Å². The molecule has 0 atom stereocenters. The number of hydrogen-bond acceptors (Lipinski definition) is 2. The monoisotopic (exact) mass is 264 g/mol. The molecule has 0 heterocycles. The molecule has 0 bridgehead atoms. The molecule has 0 aliphatic heterocycles. The molecule has 0 radical (unpaired) electrons. The van der Waals surface area contributed by atoms with E-state index >= 15 is 0 Å². The second-order valence-electron chi connectivity index (χ2n) is 3.03. The van der Waals surface area contributed by atoms with Gasteiger partial charge in [0.1, 0.15) is 17.2 Å². The first-order valence-corrected chi connectivity index (χ1v) is 5.26. The van der Waals surface area contributed by atoms with E-state index in [1.165, 1.54) is 0 Å². The molecule has 0 saturated heterocycles. The Kier molecular flexibility index (Phi) is 2.92. The van der Waals surface area contributed by atoms with Crippen molar-refractivity contribution >= 4 is 15.9 Å². The smallest absolute Gasteiger partial charge is 0.141 e. The van der Waals surface area contributed by atoms with E-state index in [1.807, 2.05) is 24.3 Å². The standard InChI is InChI=1S/C12H9BrO2/c13-11-3-1-2-4-12(11)15-10-7-5-9(14)6-8-10/h1-8,14H. The molecule has 0 aromatic heterocycles. The highest BCUT2D eigenvalue weighted by Crippen LogP contribution is 2.29. The van der Waals surface area contributed by atoms with E-state index < -0.39 is 0 Å². The Labute approximate surface area is 96.3 Å². The van der Waals surface area contributed by atoms with E-state index in [9.17, 15) is 0 Å². The minimum atomic E-state index is 0.231. The normalized spacial score (nSPS) is 9.93. The Morgan fingerprint density at radius 1 is 0.933 bits per heavy atom. The lowest BCUT2D eigenvalue weighted by atomic mass is 10.3. The molecule has 2 nitrogen and oxygen atoms in total. The van der Waals surface area contributed by atoms with Crippen LogP contribution in [0.5, 0.6) is 17.2 Å². The van der Waals surface area contributed by atoms with Gasteiger partial charge in [0, 0.05) is 0 Å². The zero-order valence-corrected chi connectivity index (χ0v) is 9.44. The van der Waals surface area contributed by atoms with Crippen LogP contribution in [-0.4, -0.2) is 5.11 Å². The lowest BCUT2D eigenvalue weighted by Gasteiger charge is -2.06. The fraction of sp³-hybridized carbons (Fsp3) is 0. The van der Waals surface area contributed by atoms with Gasteiger partial charge in [-0.1, -0.05) is 12.1 Å².